The topological polar surface area (TPSA) is 12.0 Å². The van der Waals surface area contributed by atoms with Gasteiger partial charge in [-0.2, -0.15) is 0 Å². The van der Waals surface area contributed by atoms with Gasteiger partial charge in [-0.05, 0) is 81.6 Å². The molecule has 0 aromatic heterocycles. The van der Waals surface area contributed by atoms with Crippen LogP contribution in [0.1, 0.15) is 151 Å². The Morgan fingerprint density at radius 2 is 0.761 bits per heavy atom. The molecule has 1 unspecified atom stereocenters. The lowest BCUT2D eigenvalue weighted by Gasteiger charge is -2.30. The van der Waals surface area contributed by atoms with Gasteiger partial charge in [0.25, 0.3) is 0 Å². The van der Waals surface area contributed by atoms with Gasteiger partial charge < -0.3 is 5.32 Å². The van der Waals surface area contributed by atoms with Crippen molar-refractivity contribution in [2.24, 2.45) is 5.92 Å². The van der Waals surface area contributed by atoms with Crippen LogP contribution in [0.15, 0.2) is 97.1 Å². The van der Waals surface area contributed by atoms with Crippen molar-refractivity contribution in [3.8, 4) is 0 Å². The van der Waals surface area contributed by atoms with Gasteiger partial charge in [0, 0.05) is 22.8 Å². The zero-order valence-corrected chi connectivity index (χ0v) is 30.7. The monoisotopic (exact) mass is 615 g/mol. The van der Waals surface area contributed by atoms with Crippen molar-refractivity contribution in [1.29, 1.82) is 0 Å². The molecule has 1 saturated heterocycles. The highest BCUT2D eigenvalue weighted by Gasteiger charge is 2.30. The van der Waals surface area contributed by atoms with E-state index in [1.165, 1.54) is 57.3 Å². The highest BCUT2D eigenvalue weighted by molar-refractivity contribution is 5.45. The fraction of sp³-hybridized carbons (Fsp3) is 0.467. The molecule has 4 aromatic rings. The summed E-state index contributed by atoms with van der Waals surface area (Å²) >= 11 is 0. The van der Waals surface area contributed by atoms with Crippen molar-refractivity contribution in [2.45, 2.75) is 124 Å². The standard InChI is InChI=1S/C41H51N.C4H10/c1-28(2)30-11-19-34(20-12-30)40(5,6)36-23-15-32(16-24-36)39(38-10-9-27-42-38)33-17-25-37(26-18-33)41(7,8)35-21-13-31(14-22-35)29(3)4;1-4(2)3/h11-26,28-29,38-39,42H,9-10,27H2,1-8H3;4H,1-3H3. The number of hydrogen-bond donors (Lipinski definition) is 1. The average molecular weight is 616 g/mol. The Bertz CT molecular complexity index is 1370. The van der Waals surface area contributed by atoms with Crippen molar-refractivity contribution in [3.63, 3.8) is 0 Å². The molecule has 0 spiro atoms. The van der Waals surface area contributed by atoms with Crippen molar-refractivity contribution >= 4 is 0 Å². The Labute approximate surface area is 282 Å². The predicted octanol–water partition coefficient (Wildman–Crippen LogP) is 12.1. The van der Waals surface area contributed by atoms with E-state index in [2.05, 4.69) is 179 Å². The summed E-state index contributed by atoms with van der Waals surface area (Å²) in [6.07, 6.45) is 2.46. The molecule has 1 N–H and O–H groups in total. The molecule has 0 bridgehead atoms. The number of rotatable bonds is 9. The largest absolute Gasteiger partial charge is 0.313 e. The molecule has 1 fully saturated rings. The van der Waals surface area contributed by atoms with E-state index in [9.17, 15) is 0 Å². The SMILES string of the molecule is CC(C)C.CC(C)c1ccc(C(C)(C)c2ccc(C(c3ccc(C(C)(C)c4ccc(C(C)C)cc4)cc3)C3CCCN3)cc2)cc1. The Kier molecular flexibility index (Phi) is 11.8. The van der Waals surface area contributed by atoms with Crippen molar-refractivity contribution in [2.75, 3.05) is 6.54 Å². The first-order valence-electron chi connectivity index (χ1n) is 17.9. The predicted molar refractivity (Wildman–Crippen MR) is 202 cm³/mol. The van der Waals surface area contributed by atoms with Crippen LogP contribution in [0.5, 0.6) is 0 Å². The van der Waals surface area contributed by atoms with Gasteiger partial charge in [-0.25, -0.2) is 0 Å². The van der Waals surface area contributed by atoms with Crippen LogP contribution in [-0.4, -0.2) is 12.6 Å². The third kappa shape index (κ3) is 8.40. The summed E-state index contributed by atoms with van der Waals surface area (Å²) in [4.78, 5) is 0. The highest BCUT2D eigenvalue weighted by atomic mass is 14.9. The molecular weight excluding hydrogens is 555 g/mol. The van der Waals surface area contributed by atoms with Gasteiger partial charge in [0.05, 0.1) is 0 Å². The molecule has 246 valence electrons. The molecule has 1 aliphatic rings. The first-order chi connectivity index (χ1) is 21.7. The second-order valence-corrected chi connectivity index (χ2v) is 16.0. The van der Waals surface area contributed by atoms with Crippen LogP contribution in [0.2, 0.25) is 0 Å². The number of benzene rings is 4. The summed E-state index contributed by atoms with van der Waals surface area (Å²) in [5.74, 6) is 2.29. The minimum atomic E-state index is -0.0459. The minimum Gasteiger partial charge on any atom is -0.313 e. The van der Waals surface area contributed by atoms with E-state index in [0.29, 0.717) is 23.8 Å². The van der Waals surface area contributed by atoms with E-state index < -0.39 is 0 Å². The molecule has 0 amide bonds. The number of nitrogens with one attached hydrogen (secondary N) is 1. The third-order valence-electron chi connectivity index (χ3n) is 10.1. The Hall–Kier alpha value is -3.16. The van der Waals surface area contributed by atoms with Gasteiger partial charge in [-0.1, -0.05) is 173 Å². The highest BCUT2D eigenvalue weighted by Crippen LogP contribution is 2.38. The summed E-state index contributed by atoms with van der Waals surface area (Å²) in [5, 5.41) is 3.82. The second kappa shape index (κ2) is 15.2. The first kappa shape index (κ1) is 35.7. The van der Waals surface area contributed by atoms with Crippen molar-refractivity contribution in [3.05, 3.63) is 142 Å². The summed E-state index contributed by atoms with van der Waals surface area (Å²) in [6.45, 7) is 26.0. The van der Waals surface area contributed by atoms with Gasteiger partial charge in [-0.15, -0.1) is 0 Å². The molecule has 5 rings (SSSR count). The van der Waals surface area contributed by atoms with E-state index in [4.69, 9.17) is 0 Å². The average Bonchev–Trinajstić information content (AvgIpc) is 3.56. The van der Waals surface area contributed by atoms with Crippen LogP contribution in [0.25, 0.3) is 0 Å². The maximum Gasteiger partial charge on any atom is 0.0243 e. The van der Waals surface area contributed by atoms with Crippen molar-refractivity contribution < 1.29 is 0 Å². The number of hydrogen-bond acceptors (Lipinski definition) is 1. The zero-order valence-electron chi connectivity index (χ0n) is 30.7. The molecule has 1 nitrogen and oxygen atoms in total. The normalized spacial score (nSPS) is 15.5. The Balaban J connectivity index is 0.00000113. The molecule has 0 saturated carbocycles. The van der Waals surface area contributed by atoms with Crippen LogP contribution in [-0.2, 0) is 10.8 Å². The van der Waals surface area contributed by atoms with E-state index in [0.717, 1.165) is 12.5 Å². The van der Waals surface area contributed by atoms with E-state index in [-0.39, 0.29) is 10.8 Å². The zero-order chi connectivity index (χ0) is 33.6. The lowest BCUT2D eigenvalue weighted by Crippen LogP contribution is -2.30. The van der Waals surface area contributed by atoms with Gasteiger partial charge in [-0.3, -0.25) is 0 Å². The van der Waals surface area contributed by atoms with Gasteiger partial charge in [0.1, 0.15) is 0 Å². The molecule has 4 aromatic carbocycles. The van der Waals surface area contributed by atoms with Gasteiger partial charge in [0.2, 0.25) is 0 Å². The maximum absolute atomic E-state index is 3.82. The van der Waals surface area contributed by atoms with Crippen LogP contribution in [0, 0.1) is 5.92 Å². The minimum absolute atomic E-state index is 0.0459. The van der Waals surface area contributed by atoms with Crippen molar-refractivity contribution in [1.82, 2.24) is 5.32 Å². The molecule has 1 atom stereocenters. The Morgan fingerprint density at radius 1 is 0.478 bits per heavy atom. The maximum atomic E-state index is 3.82. The third-order valence-corrected chi connectivity index (χ3v) is 10.1. The molecule has 1 heteroatoms. The fourth-order valence-electron chi connectivity index (χ4n) is 6.77. The molecule has 46 heavy (non-hydrogen) atoms. The van der Waals surface area contributed by atoms with E-state index in [1.807, 2.05) is 0 Å². The second-order valence-electron chi connectivity index (χ2n) is 16.0. The molecular formula is C45H61N. The van der Waals surface area contributed by atoms with Crippen LogP contribution in [0.4, 0.5) is 0 Å². The molecule has 1 heterocycles. The van der Waals surface area contributed by atoms with E-state index >= 15 is 0 Å². The summed E-state index contributed by atoms with van der Waals surface area (Å²) in [5.41, 5.74) is 11.0. The van der Waals surface area contributed by atoms with Gasteiger partial charge in [0.15, 0.2) is 0 Å². The molecule has 0 aliphatic carbocycles. The van der Waals surface area contributed by atoms with Gasteiger partial charge >= 0.3 is 0 Å². The fourth-order valence-corrected chi connectivity index (χ4v) is 6.77. The lowest BCUT2D eigenvalue weighted by molar-refractivity contribution is 0.539. The smallest absolute Gasteiger partial charge is 0.0243 e. The molecule has 1 aliphatic heterocycles. The van der Waals surface area contributed by atoms with Crippen LogP contribution in [0.3, 0.4) is 0 Å². The summed E-state index contributed by atoms with van der Waals surface area (Å²) in [6, 6.07) is 37.9. The van der Waals surface area contributed by atoms with Crippen LogP contribution < -0.4 is 5.32 Å². The van der Waals surface area contributed by atoms with E-state index in [1.54, 1.807) is 0 Å². The Morgan fingerprint density at radius 3 is 1.00 bits per heavy atom. The molecule has 0 radical (unpaired) electrons. The summed E-state index contributed by atoms with van der Waals surface area (Å²) < 4.78 is 0. The first-order valence-corrected chi connectivity index (χ1v) is 17.9. The van der Waals surface area contributed by atoms with Crippen LogP contribution >= 0.6 is 0 Å². The lowest BCUT2D eigenvalue weighted by atomic mass is 9.75. The quantitative estimate of drug-likeness (QED) is 0.197. The summed E-state index contributed by atoms with van der Waals surface area (Å²) in [7, 11) is 0.